The second-order valence-corrected chi connectivity index (χ2v) is 6.18. The third kappa shape index (κ3) is 8.97. The van der Waals surface area contributed by atoms with E-state index in [1.54, 1.807) is 21.1 Å². The first-order valence-electron chi connectivity index (χ1n) is 3.34. The molecule has 0 aromatic rings. The number of halogens is 2. The molecule has 0 radical (unpaired) electrons. The Morgan fingerprint density at radius 2 is 1.92 bits per heavy atom. The monoisotopic (exact) mass is 251 g/mol. The first-order chi connectivity index (χ1) is 5.41. The molecule has 0 spiro atoms. The van der Waals surface area contributed by atoms with Crippen molar-refractivity contribution in [1.82, 2.24) is 0 Å². The van der Waals surface area contributed by atoms with E-state index in [-0.39, 0.29) is 6.54 Å². The zero-order valence-electron chi connectivity index (χ0n) is 7.53. The Labute approximate surface area is 87.0 Å². The van der Waals surface area contributed by atoms with Crippen molar-refractivity contribution in [3.63, 3.8) is 0 Å². The van der Waals surface area contributed by atoms with Crippen LogP contribution in [-0.4, -0.2) is 41.6 Å². The highest BCUT2D eigenvalue weighted by molar-refractivity contribution is 7.45. The topological polar surface area (TPSA) is 69.6 Å². The molecule has 0 heterocycles. The smallest absolute Gasteiger partial charge is 0.274 e. The van der Waals surface area contributed by atoms with Gasteiger partial charge in [0.25, 0.3) is 12.3 Å². The molecular formula is C5H12Cl2NO4P. The highest BCUT2D eigenvalue weighted by Crippen LogP contribution is 2.42. The van der Waals surface area contributed by atoms with Gasteiger partial charge in [0.1, 0.15) is 6.54 Å². The third-order valence-corrected chi connectivity index (χ3v) is 2.06. The van der Waals surface area contributed by atoms with Crippen LogP contribution in [0.2, 0.25) is 0 Å². The molecule has 0 aliphatic rings. The molecule has 5 nitrogen and oxygen atoms in total. The number of quaternary nitrogens is 1. The van der Waals surface area contributed by atoms with Gasteiger partial charge in [-0.2, -0.15) is 0 Å². The fourth-order valence-corrected chi connectivity index (χ4v) is 2.39. The van der Waals surface area contributed by atoms with Crippen LogP contribution in [0.3, 0.4) is 0 Å². The summed E-state index contributed by atoms with van der Waals surface area (Å²) in [7, 11) is 0.341. The molecule has 0 saturated carbocycles. The van der Waals surface area contributed by atoms with Crippen molar-refractivity contribution in [1.29, 1.82) is 0 Å². The third-order valence-electron chi connectivity index (χ3n) is 0.907. The van der Waals surface area contributed by atoms with Crippen molar-refractivity contribution in [3.05, 3.63) is 0 Å². The average Bonchev–Trinajstić information content (AvgIpc) is 1.43. The lowest BCUT2D eigenvalue weighted by Gasteiger charge is -2.32. The summed E-state index contributed by atoms with van der Waals surface area (Å²) in [6.07, 6.45) is 0. The average molecular weight is 252 g/mol. The fraction of sp³-hybridized carbons (Fsp3) is 1.00. The Hall–Kier alpha value is 0.650. The Bertz CT molecular complexity index is 221. The van der Waals surface area contributed by atoms with Gasteiger partial charge < -0.3 is 14.3 Å². The Balaban J connectivity index is 4.34. The highest BCUT2D eigenvalue weighted by atomic mass is 35.5. The van der Waals surface area contributed by atoms with E-state index < -0.39 is 12.3 Å². The predicted molar refractivity (Wildman–Crippen MR) is 48.2 cm³/mol. The summed E-state index contributed by atoms with van der Waals surface area (Å²) < 4.78 is 12.7. The van der Waals surface area contributed by atoms with Gasteiger partial charge in [-0.1, -0.05) is 23.2 Å². The zero-order chi connectivity index (χ0) is 10.9. The number of hydrogen-bond donors (Lipinski definition) is 1. The summed E-state index contributed by atoms with van der Waals surface area (Å²) in [6, 6.07) is 0. The van der Waals surface area contributed by atoms with Crippen molar-refractivity contribution < 1.29 is 23.4 Å². The molecule has 1 N–H and O–H groups in total. The SMILES string of the molecule is C[N+](C)(C)CC(Cl)(Cl)OP(=O)([O-])O. The summed E-state index contributed by atoms with van der Waals surface area (Å²) in [4.78, 5) is 18.7. The van der Waals surface area contributed by atoms with Crippen LogP contribution in [0.1, 0.15) is 0 Å². The zero-order valence-corrected chi connectivity index (χ0v) is 9.94. The molecule has 1 atom stereocenters. The van der Waals surface area contributed by atoms with Crippen LogP contribution in [0.5, 0.6) is 0 Å². The van der Waals surface area contributed by atoms with E-state index in [0.717, 1.165) is 0 Å². The van der Waals surface area contributed by atoms with Crippen LogP contribution >= 0.6 is 31.0 Å². The van der Waals surface area contributed by atoms with Crippen molar-refractivity contribution in [2.45, 2.75) is 4.52 Å². The van der Waals surface area contributed by atoms with Crippen molar-refractivity contribution in [3.8, 4) is 0 Å². The van der Waals surface area contributed by atoms with E-state index in [1.165, 1.54) is 0 Å². The minimum absolute atomic E-state index is 0.0168. The molecule has 0 saturated heterocycles. The molecule has 0 fully saturated rings. The Morgan fingerprint density at radius 1 is 1.54 bits per heavy atom. The summed E-state index contributed by atoms with van der Waals surface area (Å²) in [5.41, 5.74) is 0. The molecule has 0 aliphatic carbocycles. The summed E-state index contributed by atoms with van der Waals surface area (Å²) >= 11 is 11.0. The fourth-order valence-electron chi connectivity index (χ4n) is 0.750. The van der Waals surface area contributed by atoms with Crippen molar-refractivity contribution >= 4 is 31.0 Å². The number of alkyl halides is 2. The number of hydrogen-bond acceptors (Lipinski definition) is 3. The molecule has 0 rings (SSSR count). The van der Waals surface area contributed by atoms with E-state index in [9.17, 15) is 9.46 Å². The number of rotatable bonds is 4. The maximum atomic E-state index is 10.3. The lowest BCUT2D eigenvalue weighted by Crippen LogP contribution is -2.45. The molecule has 0 aromatic heterocycles. The van der Waals surface area contributed by atoms with Crippen LogP contribution in [0.4, 0.5) is 0 Å². The van der Waals surface area contributed by atoms with Crippen molar-refractivity contribution in [2.75, 3.05) is 27.7 Å². The van der Waals surface area contributed by atoms with Crippen LogP contribution in [0.15, 0.2) is 0 Å². The number of nitrogens with zero attached hydrogens (tertiary/aromatic N) is 1. The number of phosphoric ester groups is 1. The highest BCUT2D eigenvalue weighted by Gasteiger charge is 2.35. The maximum Gasteiger partial charge on any atom is 0.274 e. The van der Waals surface area contributed by atoms with Gasteiger partial charge in [0.2, 0.25) is 0 Å². The van der Waals surface area contributed by atoms with E-state index in [0.29, 0.717) is 4.48 Å². The van der Waals surface area contributed by atoms with Crippen molar-refractivity contribution in [2.24, 2.45) is 0 Å². The van der Waals surface area contributed by atoms with Gasteiger partial charge in [-0.15, -0.1) is 0 Å². The van der Waals surface area contributed by atoms with E-state index >= 15 is 0 Å². The predicted octanol–water partition coefficient (Wildman–Crippen LogP) is 0.301. The Kier molecular flexibility index (Phi) is 4.23. The first kappa shape index (κ1) is 13.7. The van der Waals surface area contributed by atoms with Gasteiger partial charge in [0, 0.05) is 0 Å². The summed E-state index contributed by atoms with van der Waals surface area (Å²) in [5, 5.41) is 0. The molecule has 1 unspecified atom stereocenters. The summed E-state index contributed by atoms with van der Waals surface area (Å²) in [6.45, 7) is 0.0168. The van der Waals surface area contributed by atoms with Crippen LogP contribution in [0, 0.1) is 0 Å². The lowest BCUT2D eigenvalue weighted by molar-refractivity contribution is -0.873. The normalized spacial score (nSPS) is 18.4. The van der Waals surface area contributed by atoms with Gasteiger partial charge >= 0.3 is 0 Å². The van der Waals surface area contributed by atoms with Crippen LogP contribution in [-0.2, 0) is 9.09 Å². The maximum absolute atomic E-state index is 10.3. The van der Waals surface area contributed by atoms with Gasteiger partial charge in [0.05, 0.1) is 21.1 Å². The summed E-state index contributed by atoms with van der Waals surface area (Å²) in [5.74, 6) is 0. The largest absolute Gasteiger partial charge is 0.756 e. The second kappa shape index (κ2) is 4.03. The minimum Gasteiger partial charge on any atom is -0.756 e. The molecular weight excluding hydrogens is 240 g/mol. The lowest BCUT2D eigenvalue weighted by atomic mass is 10.5. The molecule has 8 heteroatoms. The van der Waals surface area contributed by atoms with Gasteiger partial charge in [-0.05, 0) is 0 Å². The van der Waals surface area contributed by atoms with Gasteiger partial charge in [-0.25, -0.2) is 0 Å². The number of likely N-dealkylation sites (N-methyl/N-ethyl adjacent to an activating group) is 1. The molecule has 13 heavy (non-hydrogen) atoms. The quantitative estimate of drug-likeness (QED) is 0.444. The van der Waals surface area contributed by atoms with E-state index in [4.69, 9.17) is 28.1 Å². The molecule has 0 aromatic carbocycles. The van der Waals surface area contributed by atoms with Crippen LogP contribution in [0.25, 0.3) is 0 Å². The molecule has 80 valence electrons. The number of phosphoric acid groups is 1. The first-order valence-corrected chi connectivity index (χ1v) is 5.59. The Morgan fingerprint density at radius 3 is 2.15 bits per heavy atom. The minimum atomic E-state index is -4.90. The van der Waals surface area contributed by atoms with Gasteiger partial charge in [0.15, 0.2) is 0 Å². The molecule has 0 aliphatic heterocycles. The second-order valence-electron chi connectivity index (χ2n) is 3.65. The van der Waals surface area contributed by atoms with Crippen LogP contribution < -0.4 is 4.89 Å². The van der Waals surface area contributed by atoms with E-state index in [2.05, 4.69) is 4.52 Å². The molecule has 0 bridgehead atoms. The van der Waals surface area contributed by atoms with Gasteiger partial charge in [-0.3, -0.25) is 9.09 Å². The van der Waals surface area contributed by atoms with E-state index in [1.807, 2.05) is 0 Å². The standard InChI is InChI=1S/C5H12Cl2NO4P/c1-8(2,3)4-5(6,7)12-13(9,10)11/h4H2,1-3H3,(H-,9,10,11). The molecule has 0 amide bonds.